The van der Waals surface area contributed by atoms with Gasteiger partial charge in [-0.15, -0.1) is 11.3 Å². The molecule has 4 rings (SSSR count). The number of nitrogens with zero attached hydrogens (tertiary/aromatic N) is 2. The molecule has 2 N–H and O–H groups in total. The molecule has 3 aliphatic rings. The van der Waals surface area contributed by atoms with E-state index in [0.717, 1.165) is 24.9 Å². The van der Waals surface area contributed by atoms with Crippen molar-refractivity contribution in [3.63, 3.8) is 0 Å². The molecule has 0 spiro atoms. The summed E-state index contributed by atoms with van der Waals surface area (Å²) in [6.45, 7) is 7.32. The Balaban J connectivity index is 1.32. The summed E-state index contributed by atoms with van der Waals surface area (Å²) in [5.41, 5.74) is 7.84. The highest BCUT2D eigenvalue weighted by Gasteiger charge is 2.39. The Morgan fingerprint density at radius 1 is 1.00 bits per heavy atom. The van der Waals surface area contributed by atoms with Crippen molar-refractivity contribution >= 4 is 11.3 Å². The van der Waals surface area contributed by atoms with Crippen molar-refractivity contribution in [1.29, 1.82) is 0 Å². The van der Waals surface area contributed by atoms with Crippen LogP contribution in [0.2, 0.25) is 0 Å². The second-order valence-electron chi connectivity index (χ2n) is 7.63. The molecule has 0 amide bonds. The van der Waals surface area contributed by atoms with Gasteiger partial charge in [0.2, 0.25) is 0 Å². The molecule has 1 aromatic heterocycles. The van der Waals surface area contributed by atoms with Crippen LogP contribution in [0.1, 0.15) is 42.5 Å². The maximum Gasteiger partial charge on any atom is 0.0328 e. The molecule has 0 radical (unpaired) electrons. The molecule has 2 saturated heterocycles. The Hall–Kier alpha value is -0.420. The third kappa shape index (κ3) is 3.25. The average molecular weight is 320 g/mol. The summed E-state index contributed by atoms with van der Waals surface area (Å²) in [7, 11) is 0. The Morgan fingerprint density at radius 3 is 2.45 bits per heavy atom. The van der Waals surface area contributed by atoms with E-state index in [1.807, 2.05) is 11.3 Å². The van der Waals surface area contributed by atoms with Crippen LogP contribution in [0.5, 0.6) is 0 Å². The van der Waals surface area contributed by atoms with Gasteiger partial charge in [-0.3, -0.25) is 9.80 Å². The second kappa shape index (κ2) is 6.60. The number of likely N-dealkylation sites (tertiary alicyclic amines) is 2. The molecule has 1 saturated carbocycles. The Kier molecular flexibility index (Phi) is 4.54. The van der Waals surface area contributed by atoms with Crippen molar-refractivity contribution in [3.8, 4) is 0 Å². The number of hydrogen-bond donors (Lipinski definition) is 1. The van der Waals surface area contributed by atoms with E-state index in [2.05, 4.69) is 21.2 Å². The zero-order chi connectivity index (χ0) is 14.9. The van der Waals surface area contributed by atoms with Crippen LogP contribution in [0.3, 0.4) is 0 Å². The predicted molar refractivity (Wildman–Crippen MR) is 92.9 cm³/mol. The lowest BCUT2D eigenvalue weighted by Gasteiger charge is -2.35. The first-order valence-corrected chi connectivity index (χ1v) is 9.92. The van der Waals surface area contributed by atoms with Crippen LogP contribution in [0.25, 0.3) is 0 Å². The number of nitrogens with two attached hydrogens (primary N) is 1. The van der Waals surface area contributed by atoms with E-state index in [4.69, 9.17) is 5.73 Å². The second-order valence-corrected chi connectivity index (χ2v) is 8.62. The van der Waals surface area contributed by atoms with Gasteiger partial charge in [-0.05, 0) is 67.6 Å². The standard InChI is InChI=1S/C18H29N3S/c19-18-15-4-5-16(18)11-21(10-15)12-17-8-14(13-22-17)9-20-6-2-1-3-7-20/h8,13,15-16,18H,1-7,9-12,19H2/t15-,16+,18?. The molecule has 3 atom stereocenters. The maximum absolute atomic E-state index is 6.32. The van der Waals surface area contributed by atoms with E-state index in [0.29, 0.717) is 6.04 Å². The minimum atomic E-state index is 0.481. The van der Waals surface area contributed by atoms with Crippen molar-refractivity contribution < 1.29 is 0 Å². The molecular formula is C18H29N3S. The molecule has 122 valence electrons. The third-order valence-corrected chi connectivity index (χ3v) is 6.89. The van der Waals surface area contributed by atoms with Crippen LogP contribution >= 0.6 is 11.3 Å². The number of thiophene rings is 1. The summed E-state index contributed by atoms with van der Waals surface area (Å²) in [6, 6.07) is 2.93. The molecular weight excluding hydrogens is 290 g/mol. The van der Waals surface area contributed by atoms with E-state index < -0.39 is 0 Å². The summed E-state index contributed by atoms with van der Waals surface area (Å²) in [4.78, 5) is 6.82. The van der Waals surface area contributed by atoms with E-state index in [1.165, 1.54) is 63.8 Å². The molecule has 22 heavy (non-hydrogen) atoms. The zero-order valence-corrected chi connectivity index (χ0v) is 14.4. The summed E-state index contributed by atoms with van der Waals surface area (Å²) in [6.07, 6.45) is 6.90. The van der Waals surface area contributed by atoms with Gasteiger partial charge in [0.15, 0.2) is 0 Å². The van der Waals surface area contributed by atoms with Gasteiger partial charge in [-0.2, -0.15) is 0 Å². The van der Waals surface area contributed by atoms with E-state index in [9.17, 15) is 0 Å². The summed E-state index contributed by atoms with van der Waals surface area (Å²) >= 11 is 1.96. The van der Waals surface area contributed by atoms with Gasteiger partial charge in [-0.1, -0.05) is 6.42 Å². The lowest BCUT2D eigenvalue weighted by Crippen LogP contribution is -2.48. The SMILES string of the molecule is NC1[C@@H]2CC[C@H]1CN(Cc1cc(CN3CCCCC3)cs1)C2. The molecule has 3 heterocycles. The van der Waals surface area contributed by atoms with Crippen molar-refractivity contribution in [2.45, 2.75) is 51.2 Å². The van der Waals surface area contributed by atoms with Gasteiger partial charge >= 0.3 is 0 Å². The van der Waals surface area contributed by atoms with Crippen molar-refractivity contribution in [1.82, 2.24) is 9.80 Å². The van der Waals surface area contributed by atoms with E-state index >= 15 is 0 Å². The first-order chi connectivity index (χ1) is 10.8. The van der Waals surface area contributed by atoms with Crippen molar-refractivity contribution in [2.75, 3.05) is 26.2 Å². The Bertz CT molecular complexity index is 480. The Morgan fingerprint density at radius 2 is 1.73 bits per heavy atom. The first kappa shape index (κ1) is 15.1. The van der Waals surface area contributed by atoms with Gasteiger partial charge in [0, 0.05) is 37.1 Å². The first-order valence-electron chi connectivity index (χ1n) is 9.04. The zero-order valence-electron chi connectivity index (χ0n) is 13.5. The fraction of sp³-hybridized carbons (Fsp3) is 0.778. The smallest absolute Gasteiger partial charge is 0.0328 e. The third-order valence-electron chi connectivity index (χ3n) is 5.92. The maximum atomic E-state index is 6.32. The minimum Gasteiger partial charge on any atom is -0.327 e. The molecule has 1 aromatic rings. The molecule has 0 aromatic carbocycles. The van der Waals surface area contributed by atoms with Crippen molar-refractivity contribution in [3.05, 3.63) is 21.9 Å². The quantitative estimate of drug-likeness (QED) is 0.926. The van der Waals surface area contributed by atoms with Crippen LogP contribution in [0.15, 0.2) is 11.4 Å². The number of rotatable bonds is 4. The highest BCUT2D eigenvalue weighted by atomic mass is 32.1. The normalized spacial score (nSPS) is 33.4. The molecule has 4 heteroatoms. The highest BCUT2D eigenvalue weighted by Crippen LogP contribution is 2.36. The van der Waals surface area contributed by atoms with Gasteiger partial charge in [0.05, 0.1) is 0 Å². The lowest BCUT2D eigenvalue weighted by atomic mass is 9.93. The van der Waals surface area contributed by atoms with E-state index in [1.54, 1.807) is 4.88 Å². The van der Waals surface area contributed by atoms with Gasteiger partial charge < -0.3 is 5.73 Å². The molecule has 2 aliphatic heterocycles. The van der Waals surface area contributed by atoms with Crippen LogP contribution in [0.4, 0.5) is 0 Å². The molecule has 3 nitrogen and oxygen atoms in total. The van der Waals surface area contributed by atoms with Crippen molar-refractivity contribution in [2.24, 2.45) is 17.6 Å². The fourth-order valence-electron chi connectivity index (χ4n) is 4.68. The van der Waals surface area contributed by atoms with E-state index in [-0.39, 0.29) is 0 Å². The monoisotopic (exact) mass is 319 g/mol. The van der Waals surface area contributed by atoms with Crippen LogP contribution in [0, 0.1) is 11.8 Å². The predicted octanol–water partition coefficient (Wildman–Crippen LogP) is 2.90. The van der Waals surface area contributed by atoms with Crippen LogP contribution in [-0.4, -0.2) is 42.0 Å². The minimum absolute atomic E-state index is 0.481. The molecule has 1 aliphatic carbocycles. The van der Waals surface area contributed by atoms with Gasteiger partial charge in [-0.25, -0.2) is 0 Å². The topological polar surface area (TPSA) is 32.5 Å². The molecule has 1 unspecified atom stereocenters. The number of fused-ring (bicyclic) bond motifs is 2. The summed E-state index contributed by atoms with van der Waals surface area (Å²) in [5.74, 6) is 1.51. The van der Waals surface area contributed by atoms with Crippen LogP contribution < -0.4 is 5.73 Å². The molecule has 2 bridgehead atoms. The summed E-state index contributed by atoms with van der Waals surface area (Å²) in [5, 5.41) is 2.38. The van der Waals surface area contributed by atoms with Gasteiger partial charge in [0.25, 0.3) is 0 Å². The largest absolute Gasteiger partial charge is 0.327 e. The number of piperidine rings is 2. The fourth-order valence-corrected chi connectivity index (χ4v) is 5.60. The summed E-state index contributed by atoms with van der Waals surface area (Å²) < 4.78 is 0. The molecule has 3 fully saturated rings. The average Bonchev–Trinajstić information content (AvgIpc) is 3.02. The Labute approximate surface area is 138 Å². The lowest BCUT2D eigenvalue weighted by molar-refractivity contribution is 0.141. The van der Waals surface area contributed by atoms with Crippen LogP contribution in [-0.2, 0) is 13.1 Å². The van der Waals surface area contributed by atoms with Gasteiger partial charge in [0.1, 0.15) is 0 Å². The number of hydrogen-bond acceptors (Lipinski definition) is 4. The highest BCUT2D eigenvalue weighted by molar-refractivity contribution is 7.10.